The van der Waals surface area contributed by atoms with Gasteiger partial charge >= 0.3 is 0 Å². The third-order valence-corrected chi connectivity index (χ3v) is 4.53. The van der Waals surface area contributed by atoms with Crippen molar-refractivity contribution in [1.82, 2.24) is 14.8 Å². The fraction of sp³-hybridized carbons (Fsp3) is 0.0556. The fourth-order valence-electron chi connectivity index (χ4n) is 2.58. The summed E-state index contributed by atoms with van der Waals surface area (Å²) in [6.07, 6.45) is 3.46. The number of benzene rings is 1. The highest BCUT2D eigenvalue weighted by molar-refractivity contribution is 7.08. The van der Waals surface area contributed by atoms with Crippen LogP contribution in [0.15, 0.2) is 59.6 Å². The summed E-state index contributed by atoms with van der Waals surface area (Å²) in [6.45, 7) is 0. The quantitative estimate of drug-likeness (QED) is 0.617. The molecule has 24 heavy (non-hydrogen) atoms. The summed E-state index contributed by atoms with van der Waals surface area (Å²) >= 11 is 1.67. The number of aryl methyl sites for hydroxylation is 1. The molecule has 0 fully saturated rings. The lowest BCUT2D eigenvalue weighted by Crippen LogP contribution is -2.16. The molecule has 5 nitrogen and oxygen atoms in total. The number of anilines is 1. The molecule has 0 bridgehead atoms. The zero-order valence-electron chi connectivity index (χ0n) is 12.9. The van der Waals surface area contributed by atoms with Gasteiger partial charge < -0.3 is 5.32 Å². The number of aromatic nitrogens is 3. The van der Waals surface area contributed by atoms with Crippen LogP contribution in [0.4, 0.5) is 5.69 Å². The first-order valence-corrected chi connectivity index (χ1v) is 8.37. The van der Waals surface area contributed by atoms with Crippen LogP contribution in [0.1, 0.15) is 10.5 Å². The molecule has 0 atom stereocenters. The molecule has 4 aromatic rings. The summed E-state index contributed by atoms with van der Waals surface area (Å²) < 4.78 is 1.54. The number of hydrogen-bond donors (Lipinski definition) is 1. The summed E-state index contributed by atoms with van der Waals surface area (Å²) in [5.74, 6) is -0.191. The van der Waals surface area contributed by atoms with Crippen LogP contribution >= 0.6 is 11.3 Å². The van der Waals surface area contributed by atoms with E-state index in [0.29, 0.717) is 11.4 Å². The number of amides is 1. The van der Waals surface area contributed by atoms with E-state index in [2.05, 4.69) is 38.3 Å². The predicted molar refractivity (Wildman–Crippen MR) is 96.2 cm³/mol. The van der Waals surface area contributed by atoms with Crippen molar-refractivity contribution in [3.8, 4) is 11.1 Å². The van der Waals surface area contributed by atoms with Gasteiger partial charge in [0.2, 0.25) is 0 Å². The largest absolute Gasteiger partial charge is 0.321 e. The van der Waals surface area contributed by atoms with E-state index in [0.717, 1.165) is 16.5 Å². The maximum Gasteiger partial charge on any atom is 0.273 e. The molecule has 3 aromatic heterocycles. The number of rotatable bonds is 3. The summed E-state index contributed by atoms with van der Waals surface area (Å²) in [5.41, 5.74) is 4.33. The molecule has 0 saturated carbocycles. The Balaban J connectivity index is 1.63. The van der Waals surface area contributed by atoms with Crippen LogP contribution in [-0.2, 0) is 7.05 Å². The van der Waals surface area contributed by atoms with Crippen LogP contribution in [0, 0.1) is 0 Å². The van der Waals surface area contributed by atoms with Crippen molar-refractivity contribution in [1.29, 1.82) is 0 Å². The molecule has 1 N–H and O–H groups in total. The van der Waals surface area contributed by atoms with Gasteiger partial charge in [0.15, 0.2) is 0 Å². The second kappa shape index (κ2) is 5.90. The van der Waals surface area contributed by atoms with E-state index in [1.807, 2.05) is 24.4 Å². The highest BCUT2D eigenvalue weighted by Gasteiger charge is 2.10. The maximum absolute atomic E-state index is 12.3. The van der Waals surface area contributed by atoms with Gasteiger partial charge in [-0.15, -0.1) is 0 Å². The Kier molecular flexibility index (Phi) is 3.59. The van der Waals surface area contributed by atoms with Gasteiger partial charge in [-0.3, -0.25) is 14.5 Å². The van der Waals surface area contributed by atoms with Crippen molar-refractivity contribution in [3.63, 3.8) is 0 Å². The van der Waals surface area contributed by atoms with Gasteiger partial charge in [-0.05, 0) is 46.7 Å². The molecule has 1 aromatic carbocycles. The first-order chi connectivity index (χ1) is 11.7. The minimum absolute atomic E-state index is 0.191. The molecular formula is C18H14N4OS. The normalized spacial score (nSPS) is 10.9. The summed E-state index contributed by atoms with van der Waals surface area (Å²) in [5, 5.41) is 12.1. The van der Waals surface area contributed by atoms with Crippen molar-refractivity contribution in [3.05, 3.63) is 65.2 Å². The summed E-state index contributed by atoms with van der Waals surface area (Å²) in [7, 11) is 1.74. The number of thiophene rings is 1. The molecule has 0 aliphatic carbocycles. The van der Waals surface area contributed by atoms with Gasteiger partial charge in [-0.25, -0.2) is 0 Å². The van der Waals surface area contributed by atoms with Crippen LogP contribution in [0.5, 0.6) is 0 Å². The van der Waals surface area contributed by atoms with E-state index in [-0.39, 0.29) is 5.91 Å². The van der Waals surface area contributed by atoms with Crippen LogP contribution in [-0.4, -0.2) is 20.7 Å². The number of carbonyl (C=O) groups is 1. The van der Waals surface area contributed by atoms with Crippen molar-refractivity contribution in [2.24, 2.45) is 7.05 Å². The first kappa shape index (κ1) is 14.6. The van der Waals surface area contributed by atoms with E-state index in [1.165, 1.54) is 5.56 Å². The van der Waals surface area contributed by atoms with Gasteiger partial charge in [0, 0.05) is 36.1 Å². The van der Waals surface area contributed by atoms with E-state index in [9.17, 15) is 4.79 Å². The van der Waals surface area contributed by atoms with Crippen molar-refractivity contribution >= 4 is 33.8 Å². The Morgan fingerprint density at radius 3 is 2.83 bits per heavy atom. The molecule has 0 saturated heterocycles. The van der Waals surface area contributed by atoms with Crippen LogP contribution in [0.3, 0.4) is 0 Å². The number of carbonyl (C=O) groups excluding carboxylic acids is 1. The number of hydrogen-bond acceptors (Lipinski definition) is 4. The Morgan fingerprint density at radius 2 is 2.08 bits per heavy atom. The van der Waals surface area contributed by atoms with E-state index < -0.39 is 0 Å². The number of nitrogens with zero attached hydrogens (tertiary/aromatic N) is 3. The standard InChI is InChI=1S/C18H14N4OS/c1-22-17(4-6-20-22)18(23)21-15-3-2-12-8-14(10-19-16(12)9-15)13-5-7-24-11-13/h2-11H,1H3,(H,21,23). The Bertz CT molecular complexity index is 1020. The van der Waals surface area contributed by atoms with Crippen molar-refractivity contribution in [2.75, 3.05) is 5.32 Å². The SMILES string of the molecule is Cn1nccc1C(=O)Nc1ccc2cc(-c3ccsc3)cnc2c1. The zero-order valence-corrected chi connectivity index (χ0v) is 13.7. The zero-order chi connectivity index (χ0) is 16.5. The van der Waals surface area contributed by atoms with Gasteiger partial charge in [-0.1, -0.05) is 6.07 Å². The molecule has 4 rings (SSSR count). The van der Waals surface area contributed by atoms with E-state index in [4.69, 9.17) is 0 Å². The summed E-state index contributed by atoms with van der Waals surface area (Å²) in [6, 6.07) is 11.6. The molecule has 118 valence electrons. The summed E-state index contributed by atoms with van der Waals surface area (Å²) in [4.78, 5) is 16.8. The molecule has 6 heteroatoms. The monoisotopic (exact) mass is 334 g/mol. The lowest BCUT2D eigenvalue weighted by molar-refractivity contribution is 0.101. The highest BCUT2D eigenvalue weighted by atomic mass is 32.1. The molecule has 3 heterocycles. The van der Waals surface area contributed by atoms with E-state index >= 15 is 0 Å². The van der Waals surface area contributed by atoms with Crippen molar-refractivity contribution in [2.45, 2.75) is 0 Å². The lowest BCUT2D eigenvalue weighted by Gasteiger charge is -2.07. The molecule has 0 unspecified atom stereocenters. The number of fused-ring (bicyclic) bond motifs is 1. The average Bonchev–Trinajstić information content (AvgIpc) is 3.26. The van der Waals surface area contributed by atoms with Crippen LogP contribution in [0.2, 0.25) is 0 Å². The topological polar surface area (TPSA) is 59.8 Å². The second-order valence-corrected chi connectivity index (χ2v) is 6.22. The highest BCUT2D eigenvalue weighted by Crippen LogP contribution is 2.26. The molecule has 1 amide bonds. The first-order valence-electron chi connectivity index (χ1n) is 7.42. The minimum atomic E-state index is -0.191. The van der Waals surface area contributed by atoms with Gasteiger partial charge in [0.25, 0.3) is 5.91 Å². The number of nitrogens with one attached hydrogen (secondary N) is 1. The third kappa shape index (κ3) is 2.68. The third-order valence-electron chi connectivity index (χ3n) is 3.85. The smallest absolute Gasteiger partial charge is 0.273 e. The molecule has 0 aliphatic heterocycles. The predicted octanol–water partition coefficient (Wildman–Crippen LogP) is 3.95. The Morgan fingerprint density at radius 1 is 1.17 bits per heavy atom. The minimum Gasteiger partial charge on any atom is -0.321 e. The maximum atomic E-state index is 12.3. The second-order valence-electron chi connectivity index (χ2n) is 5.44. The molecule has 0 radical (unpaired) electrons. The molecule has 0 spiro atoms. The lowest BCUT2D eigenvalue weighted by atomic mass is 10.1. The van der Waals surface area contributed by atoms with E-state index in [1.54, 1.807) is 35.3 Å². The Labute approximate surface area is 142 Å². The van der Waals surface area contributed by atoms with Crippen molar-refractivity contribution < 1.29 is 4.79 Å². The average molecular weight is 334 g/mol. The Hall–Kier alpha value is -2.99. The fourth-order valence-corrected chi connectivity index (χ4v) is 3.24. The van der Waals surface area contributed by atoms with Crippen LogP contribution in [0.25, 0.3) is 22.0 Å². The van der Waals surface area contributed by atoms with Gasteiger partial charge in [0.1, 0.15) is 5.69 Å². The van der Waals surface area contributed by atoms with Gasteiger partial charge in [0.05, 0.1) is 5.52 Å². The van der Waals surface area contributed by atoms with Crippen LogP contribution < -0.4 is 5.32 Å². The molecular weight excluding hydrogens is 320 g/mol. The number of pyridine rings is 1. The van der Waals surface area contributed by atoms with Gasteiger partial charge in [-0.2, -0.15) is 16.4 Å². The molecule has 0 aliphatic rings.